The number of nitrogens with one attached hydrogen (secondary N) is 1. The number of aromatic nitrogens is 4. The van der Waals surface area contributed by atoms with Gasteiger partial charge in [-0.15, -0.1) is 22.7 Å². The monoisotopic (exact) mass is 925 g/mol. The minimum absolute atomic E-state index is 0.0105. The van der Waals surface area contributed by atoms with E-state index in [4.69, 9.17) is 30.8 Å². The Morgan fingerprint density at radius 1 is 0.812 bits per heavy atom. The van der Waals surface area contributed by atoms with Gasteiger partial charge in [-0.2, -0.15) is 0 Å². The number of rotatable bonds is 8. The number of carbonyl (C=O) groups excluding carboxylic acids is 2. The smallest absolute Gasteiger partial charge is 0.226 e. The van der Waals surface area contributed by atoms with Gasteiger partial charge < -0.3 is 29.3 Å². The van der Waals surface area contributed by atoms with Crippen molar-refractivity contribution in [3.63, 3.8) is 0 Å². The SMILES string of the molecule is C[C@H]1COCCN1C(=O)[C@H]1CCc2c(sc3ncnc(Cl)c23)C1.C[C@H]1COCCN1C(=O)[C@H]1CCc2c(sc3ncnc(Nc4cc5c(cc4OCCN4CCCCC4)CN=C5)c23)C1. The van der Waals surface area contributed by atoms with E-state index in [9.17, 15) is 9.59 Å². The van der Waals surface area contributed by atoms with E-state index in [0.717, 1.165) is 101 Å². The van der Waals surface area contributed by atoms with Crippen LogP contribution in [0.1, 0.15) is 78.0 Å². The van der Waals surface area contributed by atoms with E-state index in [-0.39, 0.29) is 35.7 Å². The zero-order chi connectivity index (χ0) is 43.7. The highest BCUT2D eigenvalue weighted by atomic mass is 35.5. The van der Waals surface area contributed by atoms with Gasteiger partial charge in [0, 0.05) is 47.4 Å². The predicted molar refractivity (Wildman–Crippen MR) is 252 cm³/mol. The first-order valence-electron chi connectivity index (χ1n) is 23.0. The maximum Gasteiger partial charge on any atom is 0.226 e. The van der Waals surface area contributed by atoms with Gasteiger partial charge in [-0.25, -0.2) is 19.9 Å². The first-order chi connectivity index (χ1) is 31.3. The van der Waals surface area contributed by atoms with E-state index in [1.165, 1.54) is 52.0 Å². The number of morpholine rings is 2. The topological polar surface area (TPSA) is 148 Å². The van der Waals surface area contributed by atoms with Crippen molar-refractivity contribution in [3.05, 3.63) is 61.9 Å². The van der Waals surface area contributed by atoms with Crippen LogP contribution in [0.5, 0.6) is 5.75 Å². The molecule has 17 heteroatoms. The number of nitrogens with zero attached hydrogens (tertiary/aromatic N) is 8. The third-order valence-corrected chi connectivity index (χ3v) is 16.4. The van der Waals surface area contributed by atoms with Crippen LogP contribution >= 0.6 is 34.3 Å². The molecule has 0 saturated carbocycles. The molecular weight excluding hydrogens is 870 g/mol. The van der Waals surface area contributed by atoms with E-state index >= 15 is 0 Å². The summed E-state index contributed by atoms with van der Waals surface area (Å²) in [6, 6.07) is 4.56. The number of hydrogen-bond acceptors (Lipinski definition) is 14. The van der Waals surface area contributed by atoms with Crippen molar-refractivity contribution in [3.8, 4) is 5.75 Å². The lowest BCUT2D eigenvalue weighted by atomic mass is 9.86. The second-order valence-corrected chi connectivity index (χ2v) is 20.5. The molecule has 0 unspecified atom stereocenters. The number of anilines is 2. The van der Waals surface area contributed by atoms with Gasteiger partial charge in [-0.1, -0.05) is 18.0 Å². The number of carbonyl (C=O) groups is 2. The van der Waals surface area contributed by atoms with Crippen molar-refractivity contribution in [2.75, 3.05) is 71.1 Å². The molecule has 2 aliphatic carbocycles. The van der Waals surface area contributed by atoms with Gasteiger partial charge in [0.2, 0.25) is 11.8 Å². The Kier molecular flexibility index (Phi) is 13.1. The highest BCUT2D eigenvalue weighted by Gasteiger charge is 2.36. The number of aryl methyl sites for hydroxylation is 2. The van der Waals surface area contributed by atoms with E-state index in [2.05, 4.69) is 56.1 Å². The quantitative estimate of drug-likeness (QED) is 0.157. The minimum atomic E-state index is 0.0105. The Hall–Kier alpha value is -4.32. The number of piperidine rings is 1. The number of likely N-dealkylation sites (tertiary alicyclic amines) is 1. The van der Waals surface area contributed by atoms with Gasteiger partial charge in [0.05, 0.1) is 61.5 Å². The molecule has 338 valence electrons. The number of aliphatic imine (C=N–C) groups is 1. The Balaban J connectivity index is 0.000000178. The molecule has 5 aromatic rings. The van der Waals surface area contributed by atoms with Crippen LogP contribution in [0.25, 0.3) is 20.4 Å². The minimum Gasteiger partial charge on any atom is -0.490 e. The van der Waals surface area contributed by atoms with Gasteiger partial charge in [-0.3, -0.25) is 19.5 Å². The number of benzene rings is 1. The fourth-order valence-corrected chi connectivity index (χ4v) is 13.1. The third kappa shape index (κ3) is 8.98. The first-order valence-corrected chi connectivity index (χ1v) is 25.0. The third-order valence-electron chi connectivity index (χ3n) is 13.7. The standard InChI is InChI=1S/C31H38N6O3S.C16H18ClN3O2S/c1-20-18-39-11-10-37(20)31(38)21-5-6-24-27(15-21)41-30-28(24)29(33-19-34-30)35-25-13-22-16-32-17-23(22)14-26(25)40-12-9-36-7-3-2-4-8-36;1-9-7-22-5-4-20(9)16(21)10-2-3-11-12(6-10)23-15-13(11)14(17)18-8-19-15/h13-14,16,19-21H,2-12,15,17-18H2,1H3,(H,33,34,35);8-10H,2-7H2,1H3/t20-,21-;9-,10-/m00/s1. The van der Waals surface area contributed by atoms with E-state index in [0.29, 0.717) is 57.8 Å². The van der Waals surface area contributed by atoms with E-state index in [1.807, 2.05) is 16.0 Å². The molecule has 3 saturated heterocycles. The summed E-state index contributed by atoms with van der Waals surface area (Å²) in [4.78, 5) is 59.4. The molecule has 1 N–H and O–H groups in total. The largest absolute Gasteiger partial charge is 0.490 e. The average Bonchev–Trinajstić information content (AvgIpc) is 4.05. The van der Waals surface area contributed by atoms with E-state index < -0.39 is 0 Å². The van der Waals surface area contributed by atoms with Crippen molar-refractivity contribution in [1.29, 1.82) is 0 Å². The van der Waals surface area contributed by atoms with Crippen molar-refractivity contribution < 1.29 is 23.8 Å². The van der Waals surface area contributed by atoms with Gasteiger partial charge in [-0.05, 0) is 113 Å². The van der Waals surface area contributed by atoms with Gasteiger partial charge in [0.25, 0.3) is 0 Å². The first kappa shape index (κ1) is 43.6. The summed E-state index contributed by atoms with van der Waals surface area (Å²) in [7, 11) is 0. The van der Waals surface area contributed by atoms with Crippen LogP contribution in [0.2, 0.25) is 5.15 Å². The number of hydrogen-bond donors (Lipinski definition) is 1. The average molecular weight is 927 g/mol. The number of halogens is 1. The molecule has 64 heavy (non-hydrogen) atoms. The Morgan fingerprint density at radius 3 is 2.09 bits per heavy atom. The molecule has 4 aliphatic heterocycles. The lowest BCUT2D eigenvalue weighted by Crippen LogP contribution is -2.50. The molecular formula is C47H56ClN9O5S2. The number of thiophene rings is 2. The van der Waals surface area contributed by atoms with E-state index in [1.54, 1.807) is 29.0 Å². The summed E-state index contributed by atoms with van der Waals surface area (Å²) in [5.41, 5.74) is 5.74. The maximum absolute atomic E-state index is 13.4. The lowest BCUT2D eigenvalue weighted by Gasteiger charge is -2.36. The molecule has 4 atom stereocenters. The highest BCUT2D eigenvalue weighted by molar-refractivity contribution is 7.19. The molecule has 11 rings (SSSR count). The van der Waals surface area contributed by atoms with Crippen LogP contribution < -0.4 is 10.1 Å². The van der Waals surface area contributed by atoms with Crippen molar-refractivity contribution in [2.45, 2.75) is 90.3 Å². The molecule has 0 bridgehead atoms. The van der Waals surface area contributed by atoms with Crippen LogP contribution in [-0.2, 0) is 51.3 Å². The summed E-state index contributed by atoms with van der Waals surface area (Å²) >= 11 is 9.60. The summed E-state index contributed by atoms with van der Waals surface area (Å²) in [5.74, 6) is 2.24. The summed E-state index contributed by atoms with van der Waals surface area (Å²) < 4.78 is 17.4. The molecule has 8 heterocycles. The zero-order valence-electron chi connectivity index (χ0n) is 36.7. The second-order valence-electron chi connectivity index (χ2n) is 17.9. The Bertz CT molecular complexity index is 2560. The molecule has 1 aromatic carbocycles. The molecule has 2 amide bonds. The Morgan fingerprint density at radius 2 is 1.44 bits per heavy atom. The Labute approximate surface area is 386 Å². The van der Waals surface area contributed by atoms with Crippen molar-refractivity contribution in [2.24, 2.45) is 16.8 Å². The highest BCUT2D eigenvalue weighted by Crippen LogP contribution is 2.43. The normalized spacial score (nSPS) is 23.3. The fourth-order valence-electron chi connectivity index (χ4n) is 10.2. The summed E-state index contributed by atoms with van der Waals surface area (Å²) in [6.45, 7) is 12.6. The molecule has 3 fully saturated rings. The zero-order valence-corrected chi connectivity index (χ0v) is 39.0. The molecule has 0 radical (unpaired) electrons. The van der Waals surface area contributed by atoms with Crippen LogP contribution in [0.15, 0.2) is 29.8 Å². The van der Waals surface area contributed by atoms with Gasteiger partial charge >= 0.3 is 0 Å². The van der Waals surface area contributed by atoms with Crippen molar-refractivity contribution in [1.82, 2.24) is 34.6 Å². The molecule has 0 spiro atoms. The van der Waals surface area contributed by atoms with Crippen molar-refractivity contribution >= 4 is 84.2 Å². The molecule has 6 aliphatic rings. The van der Waals surface area contributed by atoms with Crippen LogP contribution in [0.4, 0.5) is 11.5 Å². The van der Waals surface area contributed by atoms with Gasteiger partial charge in [0.15, 0.2) is 0 Å². The summed E-state index contributed by atoms with van der Waals surface area (Å²) in [5, 5.41) is 6.22. The van der Waals surface area contributed by atoms with Crippen LogP contribution in [-0.4, -0.2) is 131 Å². The molecule has 14 nitrogen and oxygen atoms in total. The fraction of sp³-hybridized carbons (Fsp3) is 0.553. The number of amides is 2. The lowest BCUT2D eigenvalue weighted by molar-refractivity contribution is -0.144. The predicted octanol–water partition coefficient (Wildman–Crippen LogP) is 7.28. The van der Waals surface area contributed by atoms with Crippen LogP contribution in [0.3, 0.4) is 0 Å². The number of fused-ring (bicyclic) bond motifs is 7. The summed E-state index contributed by atoms with van der Waals surface area (Å²) in [6.07, 6.45) is 13.9. The van der Waals surface area contributed by atoms with Crippen LogP contribution in [0, 0.1) is 11.8 Å². The van der Waals surface area contributed by atoms with Gasteiger partial charge in [0.1, 0.15) is 45.6 Å². The second kappa shape index (κ2) is 19.3. The molecule has 4 aromatic heterocycles. The maximum atomic E-state index is 13.4. The number of ether oxygens (including phenoxy) is 3.